The molecular formula is C20H22O6. The molecule has 2 aromatic carbocycles. The molecule has 0 saturated carbocycles. The third-order valence-corrected chi connectivity index (χ3v) is 4.82. The first-order valence-corrected chi connectivity index (χ1v) is 8.46. The molecule has 138 valence electrons. The highest BCUT2D eigenvalue weighted by Gasteiger charge is 2.37. The number of carbonyl (C=O) groups is 1. The van der Waals surface area contributed by atoms with Crippen LogP contribution in [-0.4, -0.2) is 35.0 Å². The largest absolute Gasteiger partial charge is 0.508 e. The van der Waals surface area contributed by atoms with Crippen LogP contribution in [-0.2, 0) is 29.0 Å². The van der Waals surface area contributed by atoms with Crippen molar-refractivity contribution >= 4 is 5.97 Å². The first-order chi connectivity index (χ1) is 12.5. The Labute approximate surface area is 151 Å². The SMILES string of the molecule is COc1cc(CC2C(=O)OCC2Cc2ccc(O)c(CO)c2)ccc1O. The molecule has 0 amide bonds. The van der Waals surface area contributed by atoms with Gasteiger partial charge in [-0.15, -0.1) is 0 Å². The molecule has 0 radical (unpaired) electrons. The number of benzene rings is 2. The number of aromatic hydroxyl groups is 2. The fraction of sp³-hybridized carbons (Fsp3) is 0.350. The van der Waals surface area contributed by atoms with Gasteiger partial charge in [0.1, 0.15) is 5.75 Å². The maximum Gasteiger partial charge on any atom is 0.309 e. The molecule has 0 bridgehead atoms. The van der Waals surface area contributed by atoms with E-state index in [1.54, 1.807) is 36.4 Å². The molecule has 1 aliphatic heterocycles. The van der Waals surface area contributed by atoms with Crippen LogP contribution in [0, 0.1) is 11.8 Å². The lowest BCUT2D eigenvalue weighted by molar-refractivity contribution is -0.141. The van der Waals surface area contributed by atoms with Crippen molar-refractivity contribution < 1.29 is 29.6 Å². The van der Waals surface area contributed by atoms with E-state index in [-0.39, 0.29) is 35.9 Å². The van der Waals surface area contributed by atoms with Crippen molar-refractivity contribution in [3.05, 3.63) is 53.1 Å². The van der Waals surface area contributed by atoms with Crippen molar-refractivity contribution in [3.8, 4) is 17.2 Å². The molecule has 1 saturated heterocycles. The van der Waals surface area contributed by atoms with Crippen LogP contribution >= 0.6 is 0 Å². The molecular weight excluding hydrogens is 336 g/mol. The third-order valence-electron chi connectivity index (χ3n) is 4.82. The Morgan fingerprint density at radius 1 is 1.08 bits per heavy atom. The summed E-state index contributed by atoms with van der Waals surface area (Å²) in [7, 11) is 1.48. The summed E-state index contributed by atoms with van der Waals surface area (Å²) in [5, 5.41) is 28.7. The van der Waals surface area contributed by atoms with Gasteiger partial charge in [0.25, 0.3) is 0 Å². The summed E-state index contributed by atoms with van der Waals surface area (Å²) in [6.07, 6.45) is 1.10. The Morgan fingerprint density at radius 2 is 1.77 bits per heavy atom. The van der Waals surface area contributed by atoms with E-state index in [0.29, 0.717) is 30.8 Å². The molecule has 3 N–H and O–H groups in total. The van der Waals surface area contributed by atoms with E-state index in [9.17, 15) is 20.1 Å². The molecule has 6 nitrogen and oxygen atoms in total. The average Bonchev–Trinajstić information content (AvgIpc) is 2.98. The van der Waals surface area contributed by atoms with Crippen LogP contribution in [0.1, 0.15) is 16.7 Å². The van der Waals surface area contributed by atoms with Gasteiger partial charge >= 0.3 is 5.97 Å². The van der Waals surface area contributed by atoms with E-state index in [1.165, 1.54) is 7.11 Å². The highest BCUT2D eigenvalue weighted by Crippen LogP contribution is 2.33. The molecule has 0 spiro atoms. The van der Waals surface area contributed by atoms with Crippen molar-refractivity contribution in [2.24, 2.45) is 11.8 Å². The van der Waals surface area contributed by atoms with Gasteiger partial charge in [0, 0.05) is 11.5 Å². The normalized spacial score (nSPS) is 19.4. The Bertz CT molecular complexity index is 801. The van der Waals surface area contributed by atoms with Crippen molar-refractivity contribution in [1.29, 1.82) is 0 Å². The van der Waals surface area contributed by atoms with Gasteiger partial charge < -0.3 is 24.8 Å². The number of cyclic esters (lactones) is 1. The number of phenolic OH excluding ortho intramolecular Hbond substituents is 1. The van der Waals surface area contributed by atoms with Crippen molar-refractivity contribution in [2.75, 3.05) is 13.7 Å². The fourth-order valence-corrected chi connectivity index (χ4v) is 3.35. The first kappa shape index (κ1) is 18.1. The van der Waals surface area contributed by atoms with Gasteiger partial charge in [-0.05, 0) is 48.2 Å². The topological polar surface area (TPSA) is 96.2 Å². The van der Waals surface area contributed by atoms with Crippen LogP contribution in [0.5, 0.6) is 17.2 Å². The number of aliphatic hydroxyl groups is 1. The van der Waals surface area contributed by atoms with Gasteiger partial charge in [0.2, 0.25) is 0 Å². The average molecular weight is 358 g/mol. The van der Waals surface area contributed by atoms with Gasteiger partial charge in [-0.3, -0.25) is 4.79 Å². The van der Waals surface area contributed by atoms with Gasteiger partial charge in [-0.25, -0.2) is 0 Å². The van der Waals surface area contributed by atoms with Crippen LogP contribution in [0.25, 0.3) is 0 Å². The Balaban J connectivity index is 1.76. The summed E-state index contributed by atoms with van der Waals surface area (Å²) < 4.78 is 10.4. The standard InChI is InChI=1S/C20H22O6/c1-25-19-9-13(3-5-18(19)23)8-16-15(11-26-20(16)24)7-12-2-4-17(22)14(6-12)10-21/h2-6,9,15-16,21-23H,7-8,10-11H2,1H3. The van der Waals surface area contributed by atoms with Gasteiger partial charge in [-0.1, -0.05) is 12.1 Å². The highest BCUT2D eigenvalue weighted by molar-refractivity contribution is 5.75. The quantitative estimate of drug-likeness (QED) is 0.685. The minimum absolute atomic E-state index is 0.00150. The van der Waals surface area contributed by atoms with Crippen LogP contribution in [0.2, 0.25) is 0 Å². The summed E-state index contributed by atoms with van der Waals surface area (Å²) in [4.78, 5) is 12.2. The summed E-state index contributed by atoms with van der Waals surface area (Å²) in [5.74, 6) is -0.0427. The Hall–Kier alpha value is -2.73. The molecule has 3 rings (SSSR count). The molecule has 1 aliphatic rings. The number of carbonyl (C=O) groups excluding carboxylic acids is 1. The zero-order valence-corrected chi connectivity index (χ0v) is 14.5. The van der Waals surface area contributed by atoms with E-state index in [4.69, 9.17) is 9.47 Å². The minimum atomic E-state index is -0.296. The van der Waals surface area contributed by atoms with Gasteiger partial charge in [-0.2, -0.15) is 0 Å². The lowest BCUT2D eigenvalue weighted by Crippen LogP contribution is -2.20. The molecule has 0 aliphatic carbocycles. The minimum Gasteiger partial charge on any atom is -0.508 e. The molecule has 6 heteroatoms. The zero-order valence-electron chi connectivity index (χ0n) is 14.5. The predicted molar refractivity (Wildman–Crippen MR) is 94.0 cm³/mol. The fourth-order valence-electron chi connectivity index (χ4n) is 3.35. The number of hydrogen-bond donors (Lipinski definition) is 3. The molecule has 2 unspecified atom stereocenters. The molecule has 26 heavy (non-hydrogen) atoms. The zero-order chi connectivity index (χ0) is 18.7. The second kappa shape index (κ2) is 7.66. The summed E-state index contributed by atoms with van der Waals surface area (Å²) in [6.45, 7) is 0.102. The number of hydrogen-bond acceptors (Lipinski definition) is 6. The lowest BCUT2D eigenvalue weighted by atomic mass is 9.84. The molecule has 1 fully saturated rings. The van der Waals surface area contributed by atoms with E-state index >= 15 is 0 Å². The maximum atomic E-state index is 12.2. The van der Waals surface area contributed by atoms with E-state index in [2.05, 4.69) is 0 Å². The van der Waals surface area contributed by atoms with Crippen LogP contribution in [0.3, 0.4) is 0 Å². The van der Waals surface area contributed by atoms with E-state index < -0.39 is 0 Å². The number of rotatable bonds is 6. The summed E-state index contributed by atoms with van der Waals surface area (Å²) in [5.41, 5.74) is 2.28. The molecule has 2 aromatic rings. The van der Waals surface area contributed by atoms with Gasteiger partial charge in [0.05, 0.1) is 26.2 Å². The predicted octanol–water partition coefficient (Wildman–Crippen LogP) is 2.17. The van der Waals surface area contributed by atoms with Crippen molar-refractivity contribution in [2.45, 2.75) is 19.4 Å². The Morgan fingerprint density at radius 3 is 2.46 bits per heavy atom. The number of methoxy groups -OCH3 is 1. The van der Waals surface area contributed by atoms with E-state index in [1.807, 2.05) is 0 Å². The van der Waals surface area contributed by atoms with Crippen molar-refractivity contribution in [1.82, 2.24) is 0 Å². The van der Waals surface area contributed by atoms with Crippen LogP contribution in [0.15, 0.2) is 36.4 Å². The third kappa shape index (κ3) is 3.75. The number of ether oxygens (including phenoxy) is 2. The number of aliphatic hydroxyl groups excluding tert-OH is 1. The first-order valence-electron chi connectivity index (χ1n) is 8.46. The monoisotopic (exact) mass is 358 g/mol. The number of phenols is 2. The summed E-state index contributed by atoms with van der Waals surface area (Å²) in [6, 6.07) is 10.1. The number of esters is 1. The Kier molecular flexibility index (Phi) is 5.32. The lowest BCUT2D eigenvalue weighted by Gasteiger charge is -2.16. The second-order valence-electron chi connectivity index (χ2n) is 6.53. The van der Waals surface area contributed by atoms with Crippen LogP contribution < -0.4 is 4.74 Å². The highest BCUT2D eigenvalue weighted by atomic mass is 16.5. The molecule has 1 heterocycles. The molecule has 2 atom stereocenters. The van der Waals surface area contributed by atoms with Crippen molar-refractivity contribution in [3.63, 3.8) is 0 Å². The smallest absolute Gasteiger partial charge is 0.309 e. The molecule has 0 aromatic heterocycles. The maximum absolute atomic E-state index is 12.2. The van der Waals surface area contributed by atoms with Gasteiger partial charge in [0.15, 0.2) is 11.5 Å². The van der Waals surface area contributed by atoms with E-state index in [0.717, 1.165) is 11.1 Å². The van der Waals surface area contributed by atoms with Crippen LogP contribution in [0.4, 0.5) is 0 Å². The second-order valence-corrected chi connectivity index (χ2v) is 6.53. The summed E-state index contributed by atoms with van der Waals surface area (Å²) >= 11 is 0.